The maximum Gasteiger partial charge on any atom is 0.275 e. The Morgan fingerprint density at radius 2 is 1.72 bits per heavy atom. The van der Waals surface area contributed by atoms with Crippen LogP contribution in [0.1, 0.15) is 23.8 Å². The molecule has 0 saturated carbocycles. The first-order valence-electron chi connectivity index (χ1n) is 9.96. The summed E-state index contributed by atoms with van der Waals surface area (Å²) in [6.07, 6.45) is 0.922. The summed E-state index contributed by atoms with van der Waals surface area (Å²) in [4.78, 5) is 41.2. The molecule has 2 amide bonds. The van der Waals surface area contributed by atoms with E-state index in [1.165, 1.54) is 4.68 Å². The van der Waals surface area contributed by atoms with Crippen molar-refractivity contribution >= 4 is 22.6 Å². The molecule has 1 aromatic carbocycles. The molecule has 0 aliphatic carbocycles. The fraction of sp³-hybridized carbons (Fsp3) is 0.500. The van der Waals surface area contributed by atoms with E-state index in [4.69, 9.17) is 0 Å². The van der Waals surface area contributed by atoms with Crippen molar-refractivity contribution in [2.75, 3.05) is 46.3 Å². The number of hydrogen-bond acceptors (Lipinski definition) is 6. The van der Waals surface area contributed by atoms with Gasteiger partial charge in [0.25, 0.3) is 11.5 Å². The normalized spacial score (nSPS) is 15.4. The molecule has 1 saturated heterocycles. The molecule has 2 aromatic rings. The van der Waals surface area contributed by atoms with E-state index in [1.54, 1.807) is 31.3 Å². The van der Waals surface area contributed by atoms with Crippen LogP contribution in [0, 0.1) is 0 Å². The zero-order valence-electron chi connectivity index (χ0n) is 17.0. The van der Waals surface area contributed by atoms with Crippen molar-refractivity contribution in [2.45, 2.75) is 20.0 Å². The van der Waals surface area contributed by atoms with Gasteiger partial charge in [0.05, 0.1) is 18.6 Å². The van der Waals surface area contributed by atoms with Crippen LogP contribution in [0.25, 0.3) is 10.8 Å². The molecular formula is C20H28N6O3. The molecule has 9 heteroatoms. The zero-order valence-corrected chi connectivity index (χ0v) is 17.0. The summed E-state index contributed by atoms with van der Waals surface area (Å²) in [5.41, 5.74) is 0.0311. The van der Waals surface area contributed by atoms with Crippen molar-refractivity contribution in [2.24, 2.45) is 0 Å². The third-order valence-corrected chi connectivity index (χ3v) is 5.05. The van der Waals surface area contributed by atoms with Gasteiger partial charge in [-0.2, -0.15) is 5.10 Å². The SMILES string of the molecule is CCCNC(=O)CN1CCN(Cn2nc(C(=O)NC)c3ccccc3c2=O)CC1. The van der Waals surface area contributed by atoms with E-state index in [2.05, 4.69) is 25.5 Å². The highest BCUT2D eigenvalue weighted by molar-refractivity contribution is 6.04. The van der Waals surface area contributed by atoms with Gasteiger partial charge in [-0.1, -0.05) is 25.1 Å². The number of nitrogens with zero attached hydrogens (tertiary/aromatic N) is 4. The average molecular weight is 400 g/mol. The Balaban J connectivity index is 1.70. The molecule has 0 unspecified atom stereocenters. The monoisotopic (exact) mass is 400 g/mol. The molecule has 0 spiro atoms. The molecule has 0 atom stereocenters. The molecule has 1 fully saturated rings. The van der Waals surface area contributed by atoms with Gasteiger partial charge in [-0.15, -0.1) is 0 Å². The van der Waals surface area contributed by atoms with Gasteiger partial charge in [0, 0.05) is 45.2 Å². The largest absolute Gasteiger partial charge is 0.355 e. The van der Waals surface area contributed by atoms with Gasteiger partial charge < -0.3 is 10.6 Å². The lowest BCUT2D eigenvalue weighted by atomic mass is 10.1. The summed E-state index contributed by atoms with van der Waals surface area (Å²) in [7, 11) is 1.55. The van der Waals surface area contributed by atoms with Crippen LogP contribution < -0.4 is 16.2 Å². The quantitative estimate of drug-likeness (QED) is 0.671. The van der Waals surface area contributed by atoms with Gasteiger partial charge in [0.15, 0.2) is 5.69 Å². The third-order valence-electron chi connectivity index (χ3n) is 5.05. The molecule has 0 bridgehead atoms. The summed E-state index contributed by atoms with van der Waals surface area (Å²) in [5, 5.41) is 10.8. The van der Waals surface area contributed by atoms with E-state index in [0.29, 0.717) is 30.5 Å². The molecule has 29 heavy (non-hydrogen) atoms. The fourth-order valence-corrected chi connectivity index (χ4v) is 3.42. The minimum Gasteiger partial charge on any atom is -0.355 e. The van der Waals surface area contributed by atoms with E-state index < -0.39 is 0 Å². The van der Waals surface area contributed by atoms with Crippen molar-refractivity contribution < 1.29 is 9.59 Å². The number of carbonyl (C=O) groups is 2. The number of benzene rings is 1. The van der Waals surface area contributed by atoms with Crippen molar-refractivity contribution in [3.05, 3.63) is 40.3 Å². The molecule has 1 aromatic heterocycles. The van der Waals surface area contributed by atoms with Crippen LogP contribution in [0.4, 0.5) is 0 Å². The van der Waals surface area contributed by atoms with E-state index in [0.717, 1.165) is 32.6 Å². The van der Waals surface area contributed by atoms with Gasteiger partial charge in [0.1, 0.15) is 0 Å². The second kappa shape index (κ2) is 9.62. The van der Waals surface area contributed by atoms with E-state index in [1.807, 2.05) is 6.92 Å². The van der Waals surface area contributed by atoms with Crippen LogP contribution in [0.15, 0.2) is 29.1 Å². The highest BCUT2D eigenvalue weighted by Gasteiger charge is 2.21. The van der Waals surface area contributed by atoms with Crippen LogP contribution >= 0.6 is 0 Å². The second-order valence-electron chi connectivity index (χ2n) is 7.16. The third kappa shape index (κ3) is 4.99. The van der Waals surface area contributed by atoms with Gasteiger partial charge in [-0.3, -0.25) is 24.2 Å². The molecule has 1 aliphatic heterocycles. The lowest BCUT2D eigenvalue weighted by Gasteiger charge is -2.34. The van der Waals surface area contributed by atoms with Gasteiger partial charge in [-0.25, -0.2) is 4.68 Å². The van der Waals surface area contributed by atoms with Crippen molar-refractivity contribution in [1.82, 2.24) is 30.2 Å². The molecule has 156 valence electrons. The van der Waals surface area contributed by atoms with E-state index >= 15 is 0 Å². The number of rotatable bonds is 7. The number of nitrogens with one attached hydrogen (secondary N) is 2. The maximum atomic E-state index is 12.9. The van der Waals surface area contributed by atoms with Crippen LogP contribution in [0.2, 0.25) is 0 Å². The first kappa shape index (κ1) is 20.9. The minimum absolute atomic E-state index is 0.0444. The first-order valence-corrected chi connectivity index (χ1v) is 9.96. The number of amides is 2. The highest BCUT2D eigenvalue weighted by atomic mass is 16.2. The van der Waals surface area contributed by atoms with Crippen LogP contribution in [-0.2, 0) is 11.5 Å². The number of carbonyl (C=O) groups excluding carboxylic acids is 2. The lowest BCUT2D eigenvalue weighted by Crippen LogP contribution is -2.50. The number of hydrogen-bond donors (Lipinski definition) is 2. The Hall–Kier alpha value is -2.78. The first-order chi connectivity index (χ1) is 14.0. The van der Waals surface area contributed by atoms with Crippen LogP contribution in [0.3, 0.4) is 0 Å². The topological polar surface area (TPSA) is 99.6 Å². The second-order valence-corrected chi connectivity index (χ2v) is 7.16. The van der Waals surface area contributed by atoms with Gasteiger partial charge in [0.2, 0.25) is 5.91 Å². The van der Waals surface area contributed by atoms with E-state index in [9.17, 15) is 14.4 Å². The summed E-state index contributed by atoms with van der Waals surface area (Å²) in [6, 6.07) is 7.02. The Morgan fingerprint density at radius 1 is 1.07 bits per heavy atom. The van der Waals surface area contributed by atoms with Crippen LogP contribution in [0.5, 0.6) is 0 Å². The smallest absolute Gasteiger partial charge is 0.275 e. The van der Waals surface area contributed by atoms with E-state index in [-0.39, 0.29) is 23.1 Å². The zero-order chi connectivity index (χ0) is 20.8. The fourth-order valence-electron chi connectivity index (χ4n) is 3.42. The number of aromatic nitrogens is 2. The predicted octanol–water partition coefficient (Wildman–Crippen LogP) is -0.143. The summed E-state index contributed by atoms with van der Waals surface area (Å²) < 4.78 is 1.36. The molecule has 2 heterocycles. The number of piperazine rings is 1. The van der Waals surface area contributed by atoms with Crippen molar-refractivity contribution in [1.29, 1.82) is 0 Å². The summed E-state index contributed by atoms with van der Waals surface area (Å²) in [5.74, 6) is -0.277. The average Bonchev–Trinajstić information content (AvgIpc) is 2.75. The number of fused-ring (bicyclic) bond motifs is 1. The summed E-state index contributed by atoms with van der Waals surface area (Å²) >= 11 is 0. The molecule has 0 radical (unpaired) electrons. The minimum atomic E-state index is -0.321. The van der Waals surface area contributed by atoms with Crippen molar-refractivity contribution in [3.8, 4) is 0 Å². The molecular weight excluding hydrogens is 372 g/mol. The molecule has 3 rings (SSSR count). The van der Waals surface area contributed by atoms with Crippen LogP contribution in [-0.4, -0.2) is 77.7 Å². The standard InChI is InChI=1S/C20H28N6O3/c1-3-8-22-17(27)13-24-9-11-25(12-10-24)14-26-20(29)16-7-5-4-6-15(16)18(23-26)19(28)21-2/h4-7H,3,8-14H2,1-2H3,(H,21,28)(H,22,27). The Morgan fingerprint density at radius 3 is 2.38 bits per heavy atom. The van der Waals surface area contributed by atoms with Gasteiger partial charge >= 0.3 is 0 Å². The molecule has 2 N–H and O–H groups in total. The predicted molar refractivity (Wildman–Crippen MR) is 111 cm³/mol. The highest BCUT2D eigenvalue weighted by Crippen LogP contribution is 2.13. The lowest BCUT2D eigenvalue weighted by molar-refractivity contribution is -0.122. The summed E-state index contributed by atoms with van der Waals surface area (Å²) in [6.45, 7) is 6.34. The maximum absolute atomic E-state index is 12.9. The van der Waals surface area contributed by atoms with Gasteiger partial charge in [-0.05, 0) is 12.5 Å². The Kier molecular flexibility index (Phi) is 6.95. The van der Waals surface area contributed by atoms with Crippen molar-refractivity contribution in [3.63, 3.8) is 0 Å². The molecule has 1 aliphatic rings. The Labute approximate surface area is 169 Å². The molecule has 9 nitrogen and oxygen atoms in total. The Bertz CT molecular complexity index is 933.